The van der Waals surface area contributed by atoms with Crippen LogP contribution in [0.1, 0.15) is 48.0 Å². The van der Waals surface area contributed by atoms with Gasteiger partial charge in [-0.05, 0) is 38.0 Å². The Morgan fingerprint density at radius 2 is 1.50 bits per heavy atom. The first kappa shape index (κ1) is 13.7. The molecule has 0 unspecified atom stereocenters. The number of hydrogen-bond donors (Lipinski definition) is 1. The molecule has 0 spiro atoms. The molecule has 1 heteroatoms. The first-order valence-electron chi connectivity index (χ1n) is 5.64. The first-order valence-corrected chi connectivity index (χ1v) is 5.64. The number of hydrogen-bond acceptors (Lipinski definition) is 1. The zero-order valence-electron chi connectivity index (χ0n) is 10.5. The molecule has 14 heavy (non-hydrogen) atoms. The number of aliphatic hydroxyl groups is 1. The summed E-state index contributed by atoms with van der Waals surface area (Å²) in [6, 6.07) is 0. The molecule has 0 heterocycles. The molecule has 0 aromatic heterocycles. The smallest absolute Gasteiger partial charge is 0.0771 e. The van der Waals surface area contributed by atoms with Crippen LogP contribution in [0.3, 0.4) is 0 Å². The maximum Gasteiger partial charge on any atom is 0.0771 e. The molecule has 84 valence electrons. The van der Waals surface area contributed by atoms with Crippen LogP contribution in [-0.2, 0) is 0 Å². The molecule has 0 bridgehead atoms. The highest BCUT2D eigenvalue weighted by molar-refractivity contribution is 4.96. The summed E-state index contributed by atoms with van der Waals surface area (Å²) in [5.74, 6) is 2.14. The summed E-state index contributed by atoms with van der Waals surface area (Å²) < 4.78 is 0. The summed E-state index contributed by atoms with van der Waals surface area (Å²) >= 11 is 0. The van der Waals surface area contributed by atoms with Gasteiger partial charge in [0.1, 0.15) is 0 Å². The van der Waals surface area contributed by atoms with E-state index in [2.05, 4.69) is 33.8 Å². The molecule has 0 saturated carbocycles. The van der Waals surface area contributed by atoms with E-state index in [-0.39, 0.29) is 0 Å². The van der Waals surface area contributed by atoms with Crippen molar-refractivity contribution in [2.45, 2.75) is 53.6 Å². The standard InChI is InChI=1S/C13H26O/c1-10(2)12(11(3)4)8-7-9-13(5,6)14/h7,9-12,14H,8H2,1-6H3/b9-7+. The van der Waals surface area contributed by atoms with Crippen LogP contribution in [0, 0.1) is 17.8 Å². The zero-order chi connectivity index (χ0) is 11.4. The van der Waals surface area contributed by atoms with Crippen molar-refractivity contribution in [2.75, 3.05) is 0 Å². The van der Waals surface area contributed by atoms with Crippen LogP contribution in [0.2, 0.25) is 0 Å². The van der Waals surface area contributed by atoms with E-state index in [1.807, 2.05) is 19.9 Å². The minimum Gasteiger partial charge on any atom is -0.386 e. The van der Waals surface area contributed by atoms with Gasteiger partial charge in [-0.2, -0.15) is 0 Å². The molecule has 0 aliphatic heterocycles. The molecule has 0 saturated heterocycles. The Morgan fingerprint density at radius 3 is 1.79 bits per heavy atom. The number of rotatable bonds is 5. The summed E-state index contributed by atoms with van der Waals surface area (Å²) in [5, 5.41) is 9.52. The SMILES string of the molecule is CC(C)C(C/C=C/C(C)(C)O)C(C)C. The Balaban J connectivity index is 4.14. The average molecular weight is 198 g/mol. The van der Waals surface area contributed by atoms with Gasteiger partial charge in [0, 0.05) is 0 Å². The van der Waals surface area contributed by atoms with Gasteiger partial charge in [0.05, 0.1) is 5.60 Å². The Kier molecular flexibility index (Phi) is 5.43. The van der Waals surface area contributed by atoms with Crippen molar-refractivity contribution >= 4 is 0 Å². The summed E-state index contributed by atoms with van der Waals surface area (Å²) in [5.41, 5.74) is -0.668. The van der Waals surface area contributed by atoms with E-state index in [4.69, 9.17) is 0 Å². The van der Waals surface area contributed by atoms with Crippen LogP contribution >= 0.6 is 0 Å². The van der Waals surface area contributed by atoms with Gasteiger partial charge in [-0.1, -0.05) is 39.8 Å². The molecule has 1 N–H and O–H groups in total. The minimum atomic E-state index is -0.668. The van der Waals surface area contributed by atoms with Crippen molar-refractivity contribution in [2.24, 2.45) is 17.8 Å². The summed E-state index contributed by atoms with van der Waals surface area (Å²) in [6.45, 7) is 12.7. The van der Waals surface area contributed by atoms with E-state index < -0.39 is 5.60 Å². The number of allylic oxidation sites excluding steroid dienone is 1. The van der Waals surface area contributed by atoms with E-state index in [9.17, 15) is 5.11 Å². The quantitative estimate of drug-likeness (QED) is 0.669. The Labute approximate surface area is 89.2 Å². The van der Waals surface area contributed by atoms with Crippen molar-refractivity contribution in [3.05, 3.63) is 12.2 Å². The first-order chi connectivity index (χ1) is 6.24. The van der Waals surface area contributed by atoms with Crippen LogP contribution in [0.15, 0.2) is 12.2 Å². The molecular formula is C13H26O. The second kappa shape index (κ2) is 5.55. The van der Waals surface area contributed by atoms with Crippen molar-refractivity contribution < 1.29 is 5.11 Å². The summed E-state index contributed by atoms with van der Waals surface area (Å²) in [6.07, 6.45) is 5.08. The third-order valence-electron chi connectivity index (χ3n) is 2.65. The van der Waals surface area contributed by atoms with Gasteiger partial charge in [0.2, 0.25) is 0 Å². The molecule has 1 nitrogen and oxygen atoms in total. The fraction of sp³-hybridized carbons (Fsp3) is 0.846. The highest BCUT2D eigenvalue weighted by Gasteiger charge is 2.16. The molecule has 0 aromatic carbocycles. The largest absolute Gasteiger partial charge is 0.386 e. The predicted octanol–water partition coefficient (Wildman–Crippen LogP) is 3.63. The van der Waals surface area contributed by atoms with Crippen molar-refractivity contribution in [1.82, 2.24) is 0 Å². The molecular weight excluding hydrogens is 172 g/mol. The maximum absolute atomic E-state index is 9.52. The fourth-order valence-corrected chi connectivity index (χ4v) is 1.83. The average Bonchev–Trinajstić information content (AvgIpc) is 1.94. The molecule has 0 rings (SSSR count). The van der Waals surface area contributed by atoms with Gasteiger partial charge in [-0.25, -0.2) is 0 Å². The topological polar surface area (TPSA) is 20.2 Å². The summed E-state index contributed by atoms with van der Waals surface area (Å²) in [4.78, 5) is 0. The van der Waals surface area contributed by atoms with Gasteiger partial charge in [-0.3, -0.25) is 0 Å². The Bertz CT molecular complexity index is 164. The zero-order valence-corrected chi connectivity index (χ0v) is 10.5. The van der Waals surface area contributed by atoms with Crippen LogP contribution in [0.25, 0.3) is 0 Å². The van der Waals surface area contributed by atoms with Crippen molar-refractivity contribution in [3.8, 4) is 0 Å². The van der Waals surface area contributed by atoms with Crippen LogP contribution < -0.4 is 0 Å². The molecule has 0 atom stereocenters. The molecule has 0 fully saturated rings. The molecule has 0 amide bonds. The van der Waals surface area contributed by atoms with Crippen molar-refractivity contribution in [3.63, 3.8) is 0 Å². The second-order valence-corrected chi connectivity index (χ2v) is 5.44. The fourth-order valence-electron chi connectivity index (χ4n) is 1.83. The van der Waals surface area contributed by atoms with E-state index in [1.165, 1.54) is 0 Å². The van der Waals surface area contributed by atoms with E-state index in [1.54, 1.807) is 0 Å². The molecule has 0 aliphatic rings. The van der Waals surface area contributed by atoms with Crippen LogP contribution in [0.5, 0.6) is 0 Å². The highest BCUT2D eigenvalue weighted by Crippen LogP contribution is 2.24. The third-order valence-corrected chi connectivity index (χ3v) is 2.65. The molecule has 0 aliphatic carbocycles. The van der Waals surface area contributed by atoms with Gasteiger partial charge in [0.25, 0.3) is 0 Å². The van der Waals surface area contributed by atoms with Crippen LogP contribution in [0.4, 0.5) is 0 Å². The molecule has 0 radical (unpaired) electrons. The minimum absolute atomic E-state index is 0.668. The van der Waals surface area contributed by atoms with E-state index in [0.29, 0.717) is 17.8 Å². The Morgan fingerprint density at radius 1 is 1.07 bits per heavy atom. The van der Waals surface area contributed by atoms with E-state index in [0.717, 1.165) is 6.42 Å². The van der Waals surface area contributed by atoms with Gasteiger partial charge in [-0.15, -0.1) is 0 Å². The lowest BCUT2D eigenvalue weighted by atomic mass is 9.83. The summed E-state index contributed by atoms with van der Waals surface area (Å²) in [7, 11) is 0. The van der Waals surface area contributed by atoms with E-state index >= 15 is 0 Å². The Hall–Kier alpha value is -0.300. The highest BCUT2D eigenvalue weighted by atomic mass is 16.3. The van der Waals surface area contributed by atoms with Gasteiger partial charge in [0.15, 0.2) is 0 Å². The maximum atomic E-state index is 9.52. The van der Waals surface area contributed by atoms with Crippen LogP contribution in [-0.4, -0.2) is 10.7 Å². The lowest BCUT2D eigenvalue weighted by Crippen LogP contribution is -2.16. The second-order valence-electron chi connectivity index (χ2n) is 5.44. The normalized spacial score (nSPS) is 13.9. The lowest BCUT2D eigenvalue weighted by molar-refractivity contribution is 0.132. The predicted molar refractivity (Wildman–Crippen MR) is 63.2 cm³/mol. The molecule has 0 aromatic rings. The monoisotopic (exact) mass is 198 g/mol. The van der Waals surface area contributed by atoms with Crippen molar-refractivity contribution in [1.29, 1.82) is 0 Å². The third kappa shape index (κ3) is 6.20. The van der Waals surface area contributed by atoms with Gasteiger partial charge < -0.3 is 5.11 Å². The van der Waals surface area contributed by atoms with Gasteiger partial charge >= 0.3 is 0 Å². The lowest BCUT2D eigenvalue weighted by Gasteiger charge is -2.23.